The second-order valence-corrected chi connectivity index (χ2v) is 5.26. The summed E-state index contributed by atoms with van der Waals surface area (Å²) >= 11 is 0. The smallest absolute Gasteiger partial charge is 0.339 e. The van der Waals surface area contributed by atoms with Gasteiger partial charge in [-0.2, -0.15) is 0 Å². The molecule has 108 valence electrons. The van der Waals surface area contributed by atoms with E-state index in [2.05, 4.69) is 0 Å². The van der Waals surface area contributed by atoms with Crippen LogP contribution in [-0.4, -0.2) is 24.3 Å². The summed E-state index contributed by atoms with van der Waals surface area (Å²) in [7, 11) is 1.31. The van der Waals surface area contributed by atoms with Crippen LogP contribution in [-0.2, 0) is 14.3 Å². The minimum Gasteiger partial charge on any atom is -0.512 e. The molecule has 1 aliphatic heterocycles. The van der Waals surface area contributed by atoms with E-state index in [0.29, 0.717) is 0 Å². The number of aliphatic hydroxyl groups is 1. The number of benzene rings is 1. The van der Waals surface area contributed by atoms with Gasteiger partial charge in [0.05, 0.1) is 19.3 Å². The van der Waals surface area contributed by atoms with Crippen LogP contribution in [0.5, 0.6) is 0 Å². The third-order valence-electron chi connectivity index (χ3n) is 3.47. The molecule has 2 rings (SSSR count). The Morgan fingerprint density at radius 3 is 2.55 bits per heavy atom. The minimum atomic E-state index is -0.521. The van der Waals surface area contributed by atoms with Crippen LogP contribution in [0.25, 0.3) is 0 Å². The van der Waals surface area contributed by atoms with Gasteiger partial charge >= 0.3 is 5.97 Å². The fourth-order valence-electron chi connectivity index (χ4n) is 2.44. The largest absolute Gasteiger partial charge is 0.512 e. The van der Waals surface area contributed by atoms with Crippen LogP contribution in [0.3, 0.4) is 0 Å². The number of carbonyl (C=O) groups excluding carboxylic acids is 1. The van der Waals surface area contributed by atoms with Gasteiger partial charge in [-0.3, -0.25) is 0 Å². The van der Waals surface area contributed by atoms with Gasteiger partial charge < -0.3 is 14.6 Å². The Morgan fingerprint density at radius 1 is 1.35 bits per heavy atom. The molecule has 1 aromatic rings. The van der Waals surface area contributed by atoms with E-state index in [9.17, 15) is 9.90 Å². The number of hydrogen-bond acceptors (Lipinski definition) is 4. The maximum absolute atomic E-state index is 11.8. The Morgan fingerprint density at radius 2 is 2.00 bits per heavy atom. The third kappa shape index (κ3) is 2.85. The molecule has 0 amide bonds. The summed E-state index contributed by atoms with van der Waals surface area (Å²) in [5.74, 6) is -0.388. The number of methoxy groups -OCH3 is 1. The van der Waals surface area contributed by atoms with Gasteiger partial charge in [0.25, 0.3) is 0 Å². The highest BCUT2D eigenvalue weighted by Gasteiger charge is 2.36. The molecule has 0 aromatic heterocycles. The lowest BCUT2D eigenvalue weighted by molar-refractivity contribution is -0.140. The van der Waals surface area contributed by atoms with Crippen molar-refractivity contribution in [3.05, 3.63) is 47.2 Å². The molecular weight excluding hydrogens is 256 g/mol. The molecule has 1 aromatic carbocycles. The van der Waals surface area contributed by atoms with E-state index in [1.54, 1.807) is 0 Å². The fraction of sp³-hybridized carbons (Fsp3) is 0.438. The Hall–Kier alpha value is -1.81. The van der Waals surface area contributed by atoms with Gasteiger partial charge in [0.2, 0.25) is 0 Å². The molecule has 1 heterocycles. The second kappa shape index (κ2) is 6.09. The Labute approximate surface area is 119 Å². The summed E-state index contributed by atoms with van der Waals surface area (Å²) in [4.78, 5) is 11.8. The summed E-state index contributed by atoms with van der Waals surface area (Å²) in [5, 5.41) is 10.2. The first-order valence-corrected chi connectivity index (χ1v) is 6.75. The average Bonchev–Trinajstić information content (AvgIpc) is 2.46. The van der Waals surface area contributed by atoms with Crippen LogP contribution in [0.4, 0.5) is 0 Å². The maximum atomic E-state index is 11.8. The number of hydrogen-bond donors (Lipinski definition) is 1. The molecule has 0 aliphatic carbocycles. The lowest BCUT2D eigenvalue weighted by Gasteiger charge is -2.33. The van der Waals surface area contributed by atoms with E-state index in [4.69, 9.17) is 9.47 Å². The Balaban J connectivity index is 2.34. The lowest BCUT2D eigenvalue weighted by atomic mass is 9.91. The first kappa shape index (κ1) is 14.6. The monoisotopic (exact) mass is 276 g/mol. The molecule has 0 spiro atoms. The van der Waals surface area contributed by atoms with Crippen LogP contribution < -0.4 is 0 Å². The number of carbonyl (C=O) groups is 1. The van der Waals surface area contributed by atoms with Crippen LogP contribution in [0, 0.1) is 5.92 Å². The van der Waals surface area contributed by atoms with Crippen LogP contribution in [0.2, 0.25) is 0 Å². The van der Waals surface area contributed by atoms with Crippen molar-refractivity contribution in [1.82, 2.24) is 0 Å². The van der Waals surface area contributed by atoms with Crippen molar-refractivity contribution in [2.45, 2.75) is 32.5 Å². The number of rotatable bonds is 3. The molecule has 4 heteroatoms. The summed E-state index contributed by atoms with van der Waals surface area (Å²) in [5.41, 5.74) is 1.24. The van der Waals surface area contributed by atoms with Crippen molar-refractivity contribution in [1.29, 1.82) is 0 Å². The third-order valence-corrected chi connectivity index (χ3v) is 3.47. The van der Waals surface area contributed by atoms with E-state index in [-0.39, 0.29) is 29.8 Å². The van der Waals surface area contributed by atoms with Crippen molar-refractivity contribution in [2.75, 3.05) is 7.11 Å². The summed E-state index contributed by atoms with van der Waals surface area (Å²) in [6.07, 6.45) is -0.407. The summed E-state index contributed by atoms with van der Waals surface area (Å²) in [6, 6.07) is 9.71. The highest BCUT2D eigenvalue weighted by atomic mass is 16.5. The van der Waals surface area contributed by atoms with Crippen LogP contribution in [0.15, 0.2) is 41.7 Å². The van der Waals surface area contributed by atoms with Crippen molar-refractivity contribution in [2.24, 2.45) is 5.92 Å². The Kier molecular flexibility index (Phi) is 4.45. The fourth-order valence-corrected chi connectivity index (χ4v) is 2.44. The van der Waals surface area contributed by atoms with Crippen LogP contribution in [0.1, 0.15) is 31.9 Å². The minimum absolute atomic E-state index is 0.0654. The lowest BCUT2D eigenvalue weighted by Crippen LogP contribution is -2.34. The highest BCUT2D eigenvalue weighted by molar-refractivity contribution is 5.90. The molecule has 1 N–H and O–H groups in total. The zero-order chi connectivity index (χ0) is 14.7. The number of ether oxygens (including phenoxy) is 2. The van der Waals surface area contributed by atoms with E-state index in [1.807, 2.05) is 44.2 Å². The Bertz CT molecular complexity index is 504. The zero-order valence-corrected chi connectivity index (χ0v) is 12.0. The van der Waals surface area contributed by atoms with E-state index < -0.39 is 12.1 Å². The van der Waals surface area contributed by atoms with E-state index in [1.165, 1.54) is 7.11 Å². The van der Waals surface area contributed by atoms with Gasteiger partial charge in [0.1, 0.15) is 11.3 Å². The van der Waals surface area contributed by atoms with Crippen molar-refractivity contribution < 1.29 is 19.4 Å². The van der Waals surface area contributed by atoms with Gasteiger partial charge in [0.15, 0.2) is 0 Å². The van der Waals surface area contributed by atoms with Crippen molar-refractivity contribution in [3.63, 3.8) is 0 Å². The summed E-state index contributed by atoms with van der Waals surface area (Å²) < 4.78 is 10.8. The molecule has 0 fully saturated rings. The topological polar surface area (TPSA) is 55.8 Å². The number of aliphatic hydroxyl groups excluding tert-OH is 1. The van der Waals surface area contributed by atoms with E-state index >= 15 is 0 Å². The van der Waals surface area contributed by atoms with Gasteiger partial charge in [0, 0.05) is 6.42 Å². The predicted octanol–water partition coefficient (Wildman–Crippen LogP) is 3.16. The molecule has 2 atom stereocenters. The standard InChI is InChI=1S/C16H20O4/c1-10(2)15-14(16(18)19-3)12(17)9-13(20-15)11-7-5-4-6-8-11/h4-8,10,13,15,17H,9H2,1-3H3/t13-,15+/m0/s1. The molecular formula is C16H20O4. The second-order valence-electron chi connectivity index (χ2n) is 5.26. The summed E-state index contributed by atoms with van der Waals surface area (Å²) in [6.45, 7) is 3.91. The predicted molar refractivity (Wildman–Crippen MR) is 75.2 cm³/mol. The molecule has 1 aliphatic rings. The first-order chi connectivity index (χ1) is 9.54. The quantitative estimate of drug-likeness (QED) is 0.862. The molecule has 20 heavy (non-hydrogen) atoms. The van der Waals surface area contributed by atoms with Gasteiger partial charge in [-0.1, -0.05) is 44.2 Å². The highest BCUT2D eigenvalue weighted by Crippen LogP contribution is 2.37. The average molecular weight is 276 g/mol. The molecule has 4 nitrogen and oxygen atoms in total. The SMILES string of the molecule is COC(=O)C1=C(O)C[C@@H](c2ccccc2)O[C@@H]1C(C)C. The molecule has 0 saturated heterocycles. The first-order valence-electron chi connectivity index (χ1n) is 6.75. The molecule has 0 unspecified atom stereocenters. The molecule has 0 saturated carbocycles. The molecule has 0 bridgehead atoms. The normalized spacial score (nSPS) is 23.0. The van der Waals surface area contributed by atoms with Crippen molar-refractivity contribution in [3.8, 4) is 0 Å². The van der Waals surface area contributed by atoms with E-state index in [0.717, 1.165) is 5.56 Å². The van der Waals surface area contributed by atoms with Crippen molar-refractivity contribution >= 4 is 5.97 Å². The zero-order valence-electron chi connectivity index (χ0n) is 12.0. The van der Waals surface area contributed by atoms with Crippen LogP contribution >= 0.6 is 0 Å². The maximum Gasteiger partial charge on any atom is 0.339 e. The molecule has 0 radical (unpaired) electrons. The van der Waals surface area contributed by atoms with Gasteiger partial charge in [-0.25, -0.2) is 4.79 Å². The van der Waals surface area contributed by atoms with Gasteiger partial charge in [-0.15, -0.1) is 0 Å². The van der Waals surface area contributed by atoms with Gasteiger partial charge in [-0.05, 0) is 11.5 Å². The number of esters is 1.